The van der Waals surface area contributed by atoms with E-state index in [1.165, 1.54) is 0 Å². The lowest BCUT2D eigenvalue weighted by molar-refractivity contribution is 0.113. The summed E-state index contributed by atoms with van der Waals surface area (Å²) in [5.41, 5.74) is 4.50. The van der Waals surface area contributed by atoms with E-state index in [1.807, 2.05) is 12.3 Å². The monoisotopic (exact) mass is 190 g/mol. The molecular formula is C8H18N2O3. The minimum absolute atomic E-state index is 0.261. The molecule has 0 spiro atoms. The average Bonchev–Trinajstić information content (AvgIpc) is 2.10. The van der Waals surface area contributed by atoms with Gasteiger partial charge in [-0.05, 0) is 13.3 Å². The van der Waals surface area contributed by atoms with E-state index >= 15 is 0 Å². The van der Waals surface area contributed by atoms with Gasteiger partial charge in [-0.3, -0.25) is 5.43 Å². The summed E-state index contributed by atoms with van der Waals surface area (Å²) in [6.45, 7) is 3.77. The Morgan fingerprint density at radius 1 is 1.54 bits per heavy atom. The number of hydrazine groups is 1. The van der Waals surface area contributed by atoms with Gasteiger partial charge in [-0.25, -0.2) is 10.2 Å². The average molecular weight is 190 g/mol. The van der Waals surface area contributed by atoms with Gasteiger partial charge in [-0.2, -0.15) is 0 Å². The lowest BCUT2D eigenvalue weighted by atomic mass is 10.1. The molecule has 0 rings (SSSR count). The number of nitrogens with one attached hydrogen (secondary N) is 2. The van der Waals surface area contributed by atoms with Gasteiger partial charge in [-0.1, -0.05) is 19.8 Å². The normalized spacial score (nSPS) is 15.0. The fraction of sp³-hybridized carbons (Fsp3) is 0.875. The Labute approximate surface area is 78.1 Å². The van der Waals surface area contributed by atoms with E-state index in [4.69, 9.17) is 5.11 Å². The molecule has 0 aliphatic carbocycles. The van der Waals surface area contributed by atoms with E-state index in [9.17, 15) is 9.90 Å². The third-order valence-electron chi connectivity index (χ3n) is 1.84. The minimum Gasteiger partial charge on any atom is -0.464 e. The molecule has 0 fully saturated rings. The maximum absolute atomic E-state index is 10.1. The van der Waals surface area contributed by atoms with E-state index in [0.29, 0.717) is 6.42 Å². The van der Waals surface area contributed by atoms with Gasteiger partial charge < -0.3 is 10.2 Å². The molecule has 0 aliphatic heterocycles. The lowest BCUT2D eigenvalue weighted by Gasteiger charge is -2.19. The summed E-state index contributed by atoms with van der Waals surface area (Å²) < 4.78 is 0. The van der Waals surface area contributed by atoms with Crippen LogP contribution in [0.2, 0.25) is 0 Å². The number of hydrogen-bond donors (Lipinski definition) is 4. The molecular weight excluding hydrogens is 172 g/mol. The summed E-state index contributed by atoms with van der Waals surface area (Å²) in [7, 11) is 0. The third-order valence-corrected chi connectivity index (χ3v) is 1.84. The van der Waals surface area contributed by atoms with Crippen molar-refractivity contribution in [3.8, 4) is 0 Å². The molecule has 0 heterocycles. The quantitative estimate of drug-likeness (QED) is 0.465. The Bertz CT molecular complexity index is 152. The van der Waals surface area contributed by atoms with E-state index < -0.39 is 12.2 Å². The molecule has 5 heteroatoms. The second-order valence-corrected chi connectivity index (χ2v) is 3.07. The lowest BCUT2D eigenvalue weighted by Crippen LogP contribution is -2.47. The van der Waals surface area contributed by atoms with Crippen LogP contribution in [0.4, 0.5) is 4.79 Å². The van der Waals surface area contributed by atoms with Gasteiger partial charge in [-0.15, -0.1) is 0 Å². The van der Waals surface area contributed by atoms with Crippen molar-refractivity contribution in [1.82, 2.24) is 10.9 Å². The van der Waals surface area contributed by atoms with Crippen LogP contribution in [0.5, 0.6) is 0 Å². The van der Waals surface area contributed by atoms with Crippen LogP contribution >= 0.6 is 0 Å². The molecule has 5 nitrogen and oxygen atoms in total. The molecule has 0 aromatic rings. The molecule has 0 aromatic heterocycles. The van der Waals surface area contributed by atoms with E-state index in [-0.39, 0.29) is 6.04 Å². The van der Waals surface area contributed by atoms with Crippen molar-refractivity contribution in [3.63, 3.8) is 0 Å². The maximum atomic E-state index is 10.1. The largest absolute Gasteiger partial charge is 0.464 e. The Hall–Kier alpha value is -0.810. The van der Waals surface area contributed by atoms with E-state index in [0.717, 1.165) is 12.8 Å². The minimum atomic E-state index is -1.14. The van der Waals surface area contributed by atoms with Crippen LogP contribution in [-0.2, 0) is 0 Å². The van der Waals surface area contributed by atoms with Crippen molar-refractivity contribution in [2.45, 2.75) is 45.3 Å². The van der Waals surface area contributed by atoms with Crippen LogP contribution in [-0.4, -0.2) is 28.5 Å². The highest BCUT2D eigenvalue weighted by Crippen LogP contribution is 2.03. The van der Waals surface area contributed by atoms with Gasteiger partial charge >= 0.3 is 6.09 Å². The summed E-state index contributed by atoms with van der Waals surface area (Å²) in [6, 6.07) is -0.261. The van der Waals surface area contributed by atoms with Crippen molar-refractivity contribution in [2.24, 2.45) is 0 Å². The number of unbranched alkanes of at least 4 members (excludes halogenated alkanes) is 1. The van der Waals surface area contributed by atoms with Crippen molar-refractivity contribution in [3.05, 3.63) is 0 Å². The van der Waals surface area contributed by atoms with Gasteiger partial charge in [0.15, 0.2) is 0 Å². The summed E-state index contributed by atoms with van der Waals surface area (Å²) in [6.07, 6.45) is 1.00. The first-order chi connectivity index (χ1) is 6.07. The predicted molar refractivity (Wildman–Crippen MR) is 49.3 cm³/mol. The van der Waals surface area contributed by atoms with Crippen LogP contribution in [0.1, 0.15) is 33.1 Å². The summed E-state index contributed by atoms with van der Waals surface area (Å²) >= 11 is 0. The van der Waals surface area contributed by atoms with E-state index in [1.54, 1.807) is 6.92 Å². The zero-order chi connectivity index (χ0) is 10.3. The Morgan fingerprint density at radius 3 is 2.62 bits per heavy atom. The summed E-state index contributed by atoms with van der Waals surface area (Å²) in [4.78, 5) is 10.1. The summed E-state index contributed by atoms with van der Waals surface area (Å²) in [5.74, 6) is 0. The highest BCUT2D eigenvalue weighted by Gasteiger charge is 2.13. The molecule has 0 saturated heterocycles. The fourth-order valence-corrected chi connectivity index (χ4v) is 0.935. The van der Waals surface area contributed by atoms with Crippen LogP contribution < -0.4 is 10.9 Å². The fourth-order valence-electron chi connectivity index (χ4n) is 0.935. The van der Waals surface area contributed by atoms with Crippen molar-refractivity contribution in [2.75, 3.05) is 0 Å². The predicted octanol–water partition coefficient (Wildman–Crippen LogP) is 0.698. The van der Waals surface area contributed by atoms with Gasteiger partial charge in [0.25, 0.3) is 0 Å². The highest BCUT2D eigenvalue weighted by molar-refractivity contribution is 5.63. The van der Waals surface area contributed by atoms with Crippen LogP contribution in [0, 0.1) is 0 Å². The molecule has 0 aromatic carbocycles. The molecule has 0 aliphatic rings. The van der Waals surface area contributed by atoms with Crippen LogP contribution in [0.15, 0.2) is 0 Å². The second-order valence-electron chi connectivity index (χ2n) is 3.07. The molecule has 2 unspecified atom stereocenters. The first kappa shape index (κ1) is 12.2. The third kappa shape index (κ3) is 6.36. The standard InChI is InChI=1S/C8H18N2O3/c1-3-4-5-7(11)6(2)9-10-8(12)13/h6-7,9-11H,3-5H2,1-2H3,(H,12,13). The van der Waals surface area contributed by atoms with Gasteiger partial charge in [0.05, 0.1) is 6.10 Å². The van der Waals surface area contributed by atoms with Gasteiger partial charge in [0.1, 0.15) is 0 Å². The van der Waals surface area contributed by atoms with Gasteiger partial charge in [0, 0.05) is 6.04 Å². The first-order valence-electron chi connectivity index (χ1n) is 4.50. The zero-order valence-electron chi connectivity index (χ0n) is 8.08. The number of aliphatic hydroxyl groups is 1. The number of hydrogen-bond acceptors (Lipinski definition) is 3. The molecule has 0 saturated carbocycles. The van der Waals surface area contributed by atoms with Crippen molar-refractivity contribution in [1.29, 1.82) is 0 Å². The molecule has 2 atom stereocenters. The SMILES string of the molecule is CCCCC(O)C(C)NNC(=O)O. The number of rotatable bonds is 6. The second kappa shape index (κ2) is 6.68. The molecule has 78 valence electrons. The van der Waals surface area contributed by atoms with Gasteiger partial charge in [0.2, 0.25) is 0 Å². The maximum Gasteiger partial charge on any atom is 0.419 e. The number of carboxylic acid groups (broad SMARTS) is 1. The molecule has 1 amide bonds. The first-order valence-corrected chi connectivity index (χ1v) is 4.50. The Kier molecular flexibility index (Phi) is 6.26. The Morgan fingerprint density at radius 2 is 2.15 bits per heavy atom. The number of aliphatic hydroxyl groups excluding tert-OH is 1. The summed E-state index contributed by atoms with van der Waals surface area (Å²) in [5, 5.41) is 17.7. The molecule has 0 bridgehead atoms. The van der Waals surface area contributed by atoms with Crippen molar-refractivity contribution >= 4 is 6.09 Å². The van der Waals surface area contributed by atoms with Crippen molar-refractivity contribution < 1.29 is 15.0 Å². The highest BCUT2D eigenvalue weighted by atomic mass is 16.4. The molecule has 13 heavy (non-hydrogen) atoms. The van der Waals surface area contributed by atoms with Crippen LogP contribution in [0.25, 0.3) is 0 Å². The zero-order valence-corrected chi connectivity index (χ0v) is 8.08. The van der Waals surface area contributed by atoms with E-state index in [2.05, 4.69) is 5.43 Å². The molecule has 4 N–H and O–H groups in total. The topological polar surface area (TPSA) is 81.6 Å². The smallest absolute Gasteiger partial charge is 0.419 e. The Balaban J connectivity index is 3.56. The number of amides is 1. The van der Waals surface area contributed by atoms with Crippen LogP contribution in [0.3, 0.4) is 0 Å². The number of carbonyl (C=O) groups is 1. The molecule has 0 radical (unpaired) electrons.